The fourth-order valence-corrected chi connectivity index (χ4v) is 20.8. The molecule has 6 heteroatoms. The summed E-state index contributed by atoms with van der Waals surface area (Å²) in [5.41, 5.74) is 0. The molecule has 0 saturated carbocycles. The van der Waals surface area contributed by atoms with Crippen molar-refractivity contribution in [3.8, 4) is 19.5 Å². The number of rotatable bonds is 0. The Hall–Kier alpha value is -0.766. The van der Waals surface area contributed by atoms with Crippen LogP contribution in [-0.4, -0.2) is 16.6 Å². The maximum absolute atomic E-state index is 2.43. The van der Waals surface area contributed by atoms with E-state index in [4.69, 9.17) is 0 Å². The molecule has 4 aromatic rings. The van der Waals surface area contributed by atoms with E-state index >= 15 is 0 Å². The maximum atomic E-state index is 2.43. The number of thiophene rings is 4. The summed E-state index contributed by atoms with van der Waals surface area (Å²) in [6.07, 6.45) is 0. The first-order valence-electron chi connectivity index (χ1n) is 7.00. The minimum Gasteiger partial charge on any atom is -0.143 e. The topological polar surface area (TPSA) is 0 Å². The molecule has 0 amide bonds. The molecule has 2 radical (unpaired) electrons. The van der Waals surface area contributed by atoms with E-state index in [1.807, 2.05) is 45.3 Å². The first-order valence-corrected chi connectivity index (χ1v) is 14.5. The number of hydrogen-bond donors (Lipinski definition) is 0. The molecule has 104 valence electrons. The van der Waals surface area contributed by atoms with E-state index in [0.29, 0.717) is 0 Å². The van der Waals surface area contributed by atoms with Crippen LogP contribution in [0.2, 0.25) is 0 Å². The third-order valence-corrected chi connectivity index (χ3v) is 18.2. The lowest BCUT2D eigenvalue weighted by atomic mass is 10.3. The fraction of sp³-hybridized carbons (Fsp3) is 0. The third kappa shape index (κ3) is 1.41. The molecule has 0 N–H and O–H groups in total. The summed E-state index contributed by atoms with van der Waals surface area (Å²) in [4.78, 5) is 6.29. The highest BCUT2D eigenvalue weighted by molar-refractivity contribution is 7.49. The molecule has 0 aliphatic carbocycles. The molecule has 2 aliphatic rings. The average molecular weight is 385 g/mol. The van der Waals surface area contributed by atoms with Crippen molar-refractivity contribution in [2.45, 2.75) is 0 Å². The van der Waals surface area contributed by atoms with E-state index in [1.165, 1.54) is 0 Å². The van der Waals surface area contributed by atoms with Crippen LogP contribution in [0.5, 0.6) is 0 Å². The smallest absolute Gasteiger partial charge is 0.125 e. The zero-order valence-electron chi connectivity index (χ0n) is 11.3. The molecule has 6 rings (SSSR count). The predicted molar refractivity (Wildman–Crippen MR) is 105 cm³/mol. The second-order valence-electron chi connectivity index (χ2n) is 5.40. The first kappa shape index (κ1) is 12.6. The second-order valence-corrected chi connectivity index (χ2v) is 15.7. The highest BCUT2D eigenvalue weighted by Crippen LogP contribution is 2.36. The molecular formula is C16H8S4Si2. The Labute approximate surface area is 147 Å². The van der Waals surface area contributed by atoms with Crippen LogP contribution in [0, 0.1) is 0 Å². The van der Waals surface area contributed by atoms with Gasteiger partial charge in [0, 0.05) is 19.5 Å². The van der Waals surface area contributed by atoms with Gasteiger partial charge in [-0.1, -0.05) is 24.3 Å². The zero-order valence-corrected chi connectivity index (χ0v) is 16.5. The van der Waals surface area contributed by atoms with Crippen LogP contribution in [0.4, 0.5) is 0 Å². The van der Waals surface area contributed by atoms with E-state index in [2.05, 4.69) is 45.8 Å². The van der Waals surface area contributed by atoms with Gasteiger partial charge in [-0.15, -0.1) is 45.3 Å². The van der Waals surface area contributed by atoms with Crippen LogP contribution in [0.1, 0.15) is 0 Å². The SMILES string of the molecule is c1cc2c(s1)-c1sccc1[Si]1c3ccsc3-c3sccc3[Si]21. The van der Waals surface area contributed by atoms with Crippen molar-refractivity contribution in [2.75, 3.05) is 0 Å². The molecule has 0 saturated heterocycles. The molecule has 0 spiro atoms. The average Bonchev–Trinajstić information content (AvgIpc) is 3.28. The largest absolute Gasteiger partial charge is 0.143 e. The van der Waals surface area contributed by atoms with Gasteiger partial charge in [0.15, 0.2) is 0 Å². The lowest BCUT2D eigenvalue weighted by Gasteiger charge is -2.33. The van der Waals surface area contributed by atoms with Gasteiger partial charge >= 0.3 is 0 Å². The Morgan fingerprint density at radius 1 is 0.455 bits per heavy atom. The van der Waals surface area contributed by atoms with Crippen LogP contribution < -0.4 is 20.7 Å². The summed E-state index contributed by atoms with van der Waals surface area (Å²) in [7, 11) is -1.29. The fourth-order valence-electron chi connectivity index (χ4n) is 3.56. The summed E-state index contributed by atoms with van der Waals surface area (Å²) in [5, 5.41) is 16.0. The first-order chi connectivity index (χ1) is 10.9. The van der Waals surface area contributed by atoms with E-state index < -0.39 is 16.6 Å². The molecule has 0 unspecified atom stereocenters. The molecule has 6 heterocycles. The number of hydrogen-bond acceptors (Lipinski definition) is 4. The quantitative estimate of drug-likeness (QED) is 0.409. The van der Waals surface area contributed by atoms with Gasteiger partial charge in [-0.25, -0.2) is 0 Å². The summed E-state index contributed by atoms with van der Waals surface area (Å²) >= 11 is 7.79. The van der Waals surface area contributed by atoms with Crippen molar-refractivity contribution >= 4 is 82.7 Å². The van der Waals surface area contributed by atoms with Gasteiger partial charge in [-0.3, -0.25) is 0 Å². The lowest BCUT2D eigenvalue weighted by molar-refractivity contribution is 1.93. The summed E-state index contributed by atoms with van der Waals surface area (Å²) < 4.78 is 0. The van der Waals surface area contributed by atoms with E-state index in [-0.39, 0.29) is 0 Å². The van der Waals surface area contributed by atoms with Gasteiger partial charge in [0.2, 0.25) is 0 Å². The van der Waals surface area contributed by atoms with Crippen molar-refractivity contribution in [3.63, 3.8) is 0 Å². The normalized spacial score (nSPS) is 15.8. The van der Waals surface area contributed by atoms with Gasteiger partial charge < -0.3 is 0 Å². The zero-order chi connectivity index (χ0) is 14.3. The Morgan fingerprint density at radius 2 is 0.727 bits per heavy atom. The molecule has 4 aromatic heterocycles. The van der Waals surface area contributed by atoms with Crippen molar-refractivity contribution in [1.82, 2.24) is 0 Å². The van der Waals surface area contributed by atoms with Crippen molar-refractivity contribution in [2.24, 2.45) is 0 Å². The number of fused-ring (bicyclic) bond motifs is 11. The molecule has 0 atom stereocenters. The third-order valence-electron chi connectivity index (χ3n) is 4.40. The van der Waals surface area contributed by atoms with Gasteiger partial charge in [0.25, 0.3) is 0 Å². The van der Waals surface area contributed by atoms with Crippen molar-refractivity contribution in [3.05, 3.63) is 45.8 Å². The predicted octanol–water partition coefficient (Wildman–Crippen LogP) is 2.89. The van der Waals surface area contributed by atoms with Gasteiger partial charge in [0.05, 0.1) is 0 Å². The minimum absolute atomic E-state index is 0.645. The summed E-state index contributed by atoms with van der Waals surface area (Å²) in [5.74, 6) is 0. The van der Waals surface area contributed by atoms with Crippen LogP contribution in [0.25, 0.3) is 19.5 Å². The van der Waals surface area contributed by atoms with Crippen LogP contribution in [0.15, 0.2) is 45.8 Å². The van der Waals surface area contributed by atoms with E-state index in [9.17, 15) is 0 Å². The van der Waals surface area contributed by atoms with Crippen molar-refractivity contribution < 1.29 is 0 Å². The Morgan fingerprint density at radius 3 is 1.00 bits per heavy atom. The standard InChI is InChI=1S/C16H8S4Si2/c1-5-17-13-9(1)21-10-2-6-19-15(10)16-12(4-8-20-16)22(21)11-3-7-18-14(11)13/h1-8H. The molecule has 0 nitrogen and oxygen atoms in total. The second kappa shape index (κ2) is 4.40. The van der Waals surface area contributed by atoms with Crippen LogP contribution in [0.3, 0.4) is 0 Å². The van der Waals surface area contributed by atoms with Crippen LogP contribution >= 0.6 is 45.3 Å². The van der Waals surface area contributed by atoms with Crippen LogP contribution in [-0.2, 0) is 0 Å². The Kier molecular flexibility index (Phi) is 2.53. The highest BCUT2D eigenvalue weighted by Gasteiger charge is 2.45. The van der Waals surface area contributed by atoms with Crippen molar-refractivity contribution in [1.29, 1.82) is 0 Å². The van der Waals surface area contributed by atoms with E-state index in [1.54, 1.807) is 40.3 Å². The lowest BCUT2D eigenvalue weighted by Crippen LogP contribution is -2.69. The highest BCUT2D eigenvalue weighted by atomic mass is 32.1. The summed E-state index contributed by atoms with van der Waals surface area (Å²) in [6, 6.07) is 9.72. The van der Waals surface area contributed by atoms with Gasteiger partial charge in [0.1, 0.15) is 16.6 Å². The molecule has 22 heavy (non-hydrogen) atoms. The molecule has 0 bridgehead atoms. The van der Waals surface area contributed by atoms with Gasteiger partial charge in [-0.2, -0.15) is 0 Å². The monoisotopic (exact) mass is 384 g/mol. The maximum Gasteiger partial charge on any atom is 0.125 e. The Balaban J connectivity index is 1.77. The van der Waals surface area contributed by atoms with Gasteiger partial charge in [-0.05, 0) is 42.3 Å². The molecular weight excluding hydrogens is 377 g/mol. The molecule has 0 fully saturated rings. The van der Waals surface area contributed by atoms with E-state index in [0.717, 1.165) is 0 Å². The molecule has 2 aliphatic heterocycles. The summed E-state index contributed by atoms with van der Waals surface area (Å²) in [6.45, 7) is 0. The Bertz CT molecular complexity index is 855. The molecule has 0 aromatic carbocycles. The minimum atomic E-state index is -0.645.